The largest absolute Gasteiger partial charge is 0.343 e. The molecule has 0 fully saturated rings. The monoisotopic (exact) mass is 370 g/mol. The van der Waals surface area contributed by atoms with E-state index in [1.54, 1.807) is 0 Å². The van der Waals surface area contributed by atoms with Crippen molar-refractivity contribution in [3.05, 3.63) is 28.7 Å². The van der Waals surface area contributed by atoms with E-state index in [0.717, 1.165) is 12.1 Å². The van der Waals surface area contributed by atoms with Gasteiger partial charge in [0.05, 0.1) is 4.90 Å². The van der Waals surface area contributed by atoms with Gasteiger partial charge in [-0.25, -0.2) is 8.42 Å². The number of benzene rings is 1. The van der Waals surface area contributed by atoms with E-state index in [0.29, 0.717) is 12.3 Å². The highest BCUT2D eigenvalue weighted by Gasteiger charge is 2.67. The van der Waals surface area contributed by atoms with Gasteiger partial charge in [0.25, 0.3) is 11.9 Å². The Labute approximate surface area is 123 Å². The lowest BCUT2D eigenvalue weighted by atomic mass is 9.81. The van der Waals surface area contributed by atoms with Gasteiger partial charge in [-0.2, -0.15) is 0 Å². The number of halogens is 1. The predicted octanol–water partition coefficient (Wildman–Crippen LogP) is -3.19. The van der Waals surface area contributed by atoms with Crippen LogP contribution in [0.3, 0.4) is 0 Å². The molecule has 0 aromatic heterocycles. The van der Waals surface area contributed by atoms with E-state index < -0.39 is 31.3 Å². The van der Waals surface area contributed by atoms with Crippen molar-refractivity contribution in [3.8, 4) is 0 Å². The first-order valence-electron chi connectivity index (χ1n) is 5.09. The summed E-state index contributed by atoms with van der Waals surface area (Å²) in [6.07, 6.45) is 0. The Morgan fingerprint density at radius 3 is 1.55 bits per heavy atom. The Kier molecular flexibility index (Phi) is 4.41. The summed E-state index contributed by atoms with van der Waals surface area (Å²) in [5, 5.41) is 55.0. The summed E-state index contributed by atoms with van der Waals surface area (Å²) in [5.74, 6) is -8.26. The van der Waals surface area contributed by atoms with Gasteiger partial charge in [0.2, 0.25) is 4.65 Å². The third-order valence-electron chi connectivity index (χ3n) is 2.94. The lowest BCUT2D eigenvalue weighted by Gasteiger charge is -2.41. The molecular formula is C9H12BBrO8S. The Balaban J connectivity index is 3.61. The second kappa shape index (κ2) is 5.03. The summed E-state index contributed by atoms with van der Waals surface area (Å²) in [7, 11) is -4.59. The van der Waals surface area contributed by atoms with E-state index in [9.17, 15) is 8.42 Å². The van der Waals surface area contributed by atoms with Gasteiger partial charge in [0.15, 0.2) is 17.7 Å². The highest BCUT2D eigenvalue weighted by Crippen LogP contribution is 2.37. The van der Waals surface area contributed by atoms with Crippen molar-refractivity contribution in [1.29, 1.82) is 0 Å². The van der Waals surface area contributed by atoms with Crippen LogP contribution in [0.25, 0.3) is 0 Å². The first-order chi connectivity index (χ1) is 8.75. The minimum atomic E-state index is -4.95. The van der Waals surface area contributed by atoms with Crippen molar-refractivity contribution in [3.63, 3.8) is 0 Å². The molecule has 0 heterocycles. The van der Waals surface area contributed by atoms with Crippen LogP contribution in [0.4, 0.5) is 0 Å². The molecule has 0 saturated carbocycles. The molecule has 0 bridgehead atoms. The molecule has 0 saturated heterocycles. The van der Waals surface area contributed by atoms with E-state index in [2.05, 4.69) is 15.9 Å². The fourth-order valence-corrected chi connectivity index (χ4v) is 3.39. The Hall–Kier alpha value is -0.525. The summed E-state index contributed by atoms with van der Waals surface area (Å²) in [6.45, 7) is 0. The molecule has 0 unspecified atom stereocenters. The summed E-state index contributed by atoms with van der Waals surface area (Å²) >= 11 is 3.05. The van der Waals surface area contributed by atoms with Gasteiger partial charge < -0.3 is 30.6 Å². The summed E-state index contributed by atoms with van der Waals surface area (Å²) in [6, 6.07) is 4.59. The molecule has 112 valence electrons. The highest BCUT2D eigenvalue weighted by molar-refractivity contribution is 9.10. The molecule has 0 radical (unpaired) electrons. The molecule has 0 spiro atoms. The summed E-state index contributed by atoms with van der Waals surface area (Å²) < 4.78 is 21.5. The molecule has 11 heteroatoms. The average molecular weight is 371 g/mol. The number of rotatable bonds is 4. The summed E-state index contributed by atoms with van der Waals surface area (Å²) in [5.41, 5.74) is 0. The Bertz CT molecular complexity index is 572. The van der Waals surface area contributed by atoms with Crippen LogP contribution in [0.2, 0.25) is 0 Å². The number of sulfone groups is 1. The zero-order valence-electron chi connectivity index (χ0n) is 10.1. The lowest BCUT2D eigenvalue weighted by molar-refractivity contribution is -0.407. The normalized spacial score (nSPS) is 14.3. The number of hydrogen-bond donors (Lipinski definition) is 6. The standard InChI is InChI=1S/C9H12BBrO8S/c10-7(8(12,13)14,9(15,16)17)20(18,19)6-3-1-5(11)2-4-6/h1-4,12-17H,10H2. The van der Waals surface area contributed by atoms with Crippen molar-refractivity contribution in [1.82, 2.24) is 0 Å². The molecule has 1 aromatic rings. The van der Waals surface area contributed by atoms with Gasteiger partial charge in [0, 0.05) is 4.47 Å². The molecule has 8 nitrogen and oxygen atoms in total. The first kappa shape index (κ1) is 17.5. The van der Waals surface area contributed by atoms with Gasteiger partial charge >= 0.3 is 0 Å². The van der Waals surface area contributed by atoms with Gasteiger partial charge in [-0.15, -0.1) is 0 Å². The molecule has 6 N–H and O–H groups in total. The van der Waals surface area contributed by atoms with Crippen molar-refractivity contribution >= 4 is 33.6 Å². The zero-order chi connectivity index (χ0) is 16.0. The van der Waals surface area contributed by atoms with Crippen LogP contribution >= 0.6 is 15.9 Å². The third kappa shape index (κ3) is 2.63. The molecule has 0 aliphatic rings. The maximum absolute atomic E-state index is 12.3. The minimum absolute atomic E-state index is 0.365. The SMILES string of the molecule is BC(C(O)(O)O)(C(O)(O)O)S(=O)(=O)c1ccc(Br)cc1. The molecule has 0 aliphatic carbocycles. The van der Waals surface area contributed by atoms with E-state index in [1.165, 1.54) is 12.1 Å². The van der Waals surface area contributed by atoms with E-state index in [1.807, 2.05) is 0 Å². The topological polar surface area (TPSA) is 156 Å². The van der Waals surface area contributed by atoms with Gasteiger partial charge in [-0.05, 0) is 24.3 Å². The predicted molar refractivity (Wildman–Crippen MR) is 71.4 cm³/mol. The van der Waals surface area contributed by atoms with Gasteiger partial charge in [-0.3, -0.25) is 0 Å². The average Bonchev–Trinajstić information content (AvgIpc) is 2.25. The number of aliphatic hydroxyl groups is 6. The lowest BCUT2D eigenvalue weighted by Crippen LogP contribution is -2.72. The van der Waals surface area contributed by atoms with Crippen molar-refractivity contribution in [2.75, 3.05) is 0 Å². The van der Waals surface area contributed by atoms with Crippen molar-refractivity contribution < 1.29 is 39.1 Å². The van der Waals surface area contributed by atoms with Crippen LogP contribution in [-0.2, 0) is 9.84 Å². The molecule has 0 atom stereocenters. The van der Waals surface area contributed by atoms with Crippen LogP contribution in [-0.4, -0.2) is 63.5 Å². The van der Waals surface area contributed by atoms with Crippen LogP contribution in [0.1, 0.15) is 0 Å². The van der Waals surface area contributed by atoms with Crippen molar-refractivity contribution in [2.45, 2.75) is 21.5 Å². The van der Waals surface area contributed by atoms with Gasteiger partial charge in [0.1, 0.15) is 0 Å². The van der Waals surface area contributed by atoms with E-state index in [4.69, 9.17) is 30.6 Å². The molecule has 1 aromatic carbocycles. The maximum Gasteiger partial charge on any atom is 0.296 e. The van der Waals surface area contributed by atoms with Crippen LogP contribution in [0, 0.1) is 0 Å². The smallest absolute Gasteiger partial charge is 0.296 e. The Morgan fingerprint density at radius 1 is 0.900 bits per heavy atom. The maximum atomic E-state index is 12.3. The minimum Gasteiger partial charge on any atom is -0.343 e. The summed E-state index contributed by atoms with van der Waals surface area (Å²) in [4.78, 5) is -0.578. The molecule has 1 rings (SSSR count). The highest BCUT2D eigenvalue weighted by atomic mass is 79.9. The van der Waals surface area contributed by atoms with Crippen LogP contribution < -0.4 is 0 Å². The molecule has 20 heavy (non-hydrogen) atoms. The van der Waals surface area contributed by atoms with Crippen molar-refractivity contribution in [2.24, 2.45) is 0 Å². The van der Waals surface area contributed by atoms with E-state index >= 15 is 0 Å². The number of hydrogen-bond acceptors (Lipinski definition) is 8. The molecule has 0 amide bonds. The second-order valence-electron chi connectivity index (χ2n) is 4.26. The fraction of sp³-hybridized carbons (Fsp3) is 0.333. The quantitative estimate of drug-likeness (QED) is 0.239. The third-order valence-corrected chi connectivity index (χ3v) is 5.99. The van der Waals surface area contributed by atoms with Gasteiger partial charge in [-0.1, -0.05) is 15.9 Å². The van der Waals surface area contributed by atoms with Crippen LogP contribution in [0.5, 0.6) is 0 Å². The Morgan fingerprint density at radius 2 is 1.25 bits per heavy atom. The second-order valence-corrected chi connectivity index (χ2v) is 7.47. The fourth-order valence-electron chi connectivity index (χ4n) is 1.43. The molecule has 0 aliphatic heterocycles. The first-order valence-corrected chi connectivity index (χ1v) is 7.37. The van der Waals surface area contributed by atoms with Crippen LogP contribution in [0.15, 0.2) is 33.6 Å². The molecular weight excluding hydrogens is 359 g/mol. The van der Waals surface area contributed by atoms with E-state index in [-0.39, 0.29) is 0 Å². The zero-order valence-corrected chi connectivity index (χ0v) is 12.5.